The van der Waals surface area contributed by atoms with Crippen molar-refractivity contribution in [3.63, 3.8) is 0 Å². The summed E-state index contributed by atoms with van der Waals surface area (Å²) in [6.45, 7) is 5.51. The van der Waals surface area contributed by atoms with Crippen LogP contribution in [0.5, 0.6) is 0 Å². The summed E-state index contributed by atoms with van der Waals surface area (Å²) < 4.78 is 5.03. The predicted molar refractivity (Wildman–Crippen MR) is 62.5 cm³/mol. The highest BCUT2D eigenvalue weighted by Crippen LogP contribution is 2.19. The molecule has 1 atom stereocenters. The number of hydrogen-bond donors (Lipinski definition) is 0. The summed E-state index contributed by atoms with van der Waals surface area (Å²) in [6, 6.07) is 0. The Balaban J connectivity index is 3.36. The molecule has 0 N–H and O–H groups in total. The van der Waals surface area contributed by atoms with Gasteiger partial charge in [0.1, 0.15) is 0 Å². The molecular formula is C11H23BrO. The molecule has 0 aliphatic heterocycles. The van der Waals surface area contributed by atoms with Crippen LogP contribution in [0.25, 0.3) is 0 Å². The second-order valence-electron chi connectivity index (χ2n) is 4.14. The average Bonchev–Trinajstić information content (AvgIpc) is 2.09. The number of unbranched alkanes of at least 4 members (excludes halogenated alkanes) is 1. The van der Waals surface area contributed by atoms with E-state index < -0.39 is 0 Å². The summed E-state index contributed by atoms with van der Waals surface area (Å²) >= 11 is 3.58. The molecule has 0 aliphatic rings. The SMILES string of the molecule is COCCCCC(CBr)CC(C)C. The van der Waals surface area contributed by atoms with Gasteiger partial charge in [-0.1, -0.05) is 36.2 Å². The minimum absolute atomic E-state index is 0.824. The largest absolute Gasteiger partial charge is 0.385 e. The van der Waals surface area contributed by atoms with Crippen molar-refractivity contribution in [1.29, 1.82) is 0 Å². The van der Waals surface area contributed by atoms with Crippen molar-refractivity contribution >= 4 is 15.9 Å². The first-order valence-electron chi connectivity index (χ1n) is 5.25. The van der Waals surface area contributed by atoms with E-state index in [0.717, 1.165) is 23.8 Å². The van der Waals surface area contributed by atoms with E-state index >= 15 is 0 Å². The number of alkyl halides is 1. The summed E-state index contributed by atoms with van der Waals surface area (Å²) in [5.74, 6) is 1.68. The van der Waals surface area contributed by atoms with Crippen LogP contribution in [-0.2, 0) is 4.74 Å². The van der Waals surface area contributed by atoms with Crippen molar-refractivity contribution in [3.8, 4) is 0 Å². The first kappa shape index (κ1) is 13.4. The van der Waals surface area contributed by atoms with Crippen LogP contribution in [-0.4, -0.2) is 19.0 Å². The summed E-state index contributed by atoms with van der Waals surface area (Å²) in [6.07, 6.45) is 5.19. The Morgan fingerprint density at radius 2 is 1.92 bits per heavy atom. The Hall–Kier alpha value is 0.440. The Morgan fingerprint density at radius 1 is 1.23 bits per heavy atom. The standard InChI is InChI=1S/C11H23BrO/c1-10(2)8-11(9-12)6-4-5-7-13-3/h10-11H,4-9H2,1-3H3. The third kappa shape index (κ3) is 8.76. The molecule has 0 saturated heterocycles. The molecule has 0 rings (SSSR count). The summed E-state index contributed by atoms with van der Waals surface area (Å²) in [5.41, 5.74) is 0. The molecule has 0 aromatic rings. The highest BCUT2D eigenvalue weighted by molar-refractivity contribution is 9.09. The quantitative estimate of drug-likeness (QED) is 0.470. The lowest BCUT2D eigenvalue weighted by Gasteiger charge is -2.15. The van der Waals surface area contributed by atoms with Crippen LogP contribution in [0.3, 0.4) is 0 Å². The number of halogens is 1. The number of ether oxygens (including phenoxy) is 1. The maximum Gasteiger partial charge on any atom is 0.0462 e. The molecule has 0 fully saturated rings. The Bertz CT molecular complexity index is 104. The molecule has 0 spiro atoms. The Kier molecular flexibility index (Phi) is 9.32. The normalized spacial score (nSPS) is 13.6. The average molecular weight is 251 g/mol. The zero-order valence-corrected chi connectivity index (χ0v) is 10.8. The molecule has 0 bridgehead atoms. The molecular weight excluding hydrogens is 228 g/mol. The van der Waals surface area contributed by atoms with Gasteiger partial charge in [-0.3, -0.25) is 0 Å². The minimum atomic E-state index is 0.824. The van der Waals surface area contributed by atoms with Crippen molar-refractivity contribution < 1.29 is 4.74 Å². The van der Waals surface area contributed by atoms with Crippen LogP contribution in [0.15, 0.2) is 0 Å². The first-order valence-corrected chi connectivity index (χ1v) is 6.37. The predicted octanol–water partition coefficient (Wildman–Crippen LogP) is 3.86. The van der Waals surface area contributed by atoms with E-state index in [0.29, 0.717) is 0 Å². The van der Waals surface area contributed by atoms with Gasteiger partial charge in [-0.25, -0.2) is 0 Å². The smallest absolute Gasteiger partial charge is 0.0462 e. The molecule has 1 nitrogen and oxygen atoms in total. The van der Waals surface area contributed by atoms with Gasteiger partial charge in [0.15, 0.2) is 0 Å². The molecule has 80 valence electrons. The third-order valence-corrected chi connectivity index (χ3v) is 3.15. The van der Waals surface area contributed by atoms with E-state index in [1.54, 1.807) is 7.11 Å². The molecule has 0 amide bonds. The monoisotopic (exact) mass is 250 g/mol. The minimum Gasteiger partial charge on any atom is -0.385 e. The zero-order valence-electron chi connectivity index (χ0n) is 9.18. The van der Waals surface area contributed by atoms with Gasteiger partial charge in [0.05, 0.1) is 0 Å². The van der Waals surface area contributed by atoms with Crippen LogP contribution in [0.4, 0.5) is 0 Å². The van der Waals surface area contributed by atoms with Crippen molar-refractivity contribution in [1.82, 2.24) is 0 Å². The van der Waals surface area contributed by atoms with E-state index in [4.69, 9.17) is 4.74 Å². The summed E-state index contributed by atoms with van der Waals surface area (Å²) in [5, 5.41) is 1.15. The fraction of sp³-hybridized carbons (Fsp3) is 1.00. The third-order valence-electron chi connectivity index (χ3n) is 2.23. The van der Waals surface area contributed by atoms with Gasteiger partial charge in [0, 0.05) is 19.0 Å². The van der Waals surface area contributed by atoms with E-state index in [2.05, 4.69) is 29.8 Å². The van der Waals surface area contributed by atoms with Crippen molar-refractivity contribution in [2.75, 3.05) is 19.0 Å². The molecule has 0 aliphatic carbocycles. The van der Waals surface area contributed by atoms with Gasteiger partial charge in [-0.05, 0) is 31.1 Å². The van der Waals surface area contributed by atoms with Crippen LogP contribution < -0.4 is 0 Å². The van der Waals surface area contributed by atoms with Gasteiger partial charge < -0.3 is 4.74 Å². The van der Waals surface area contributed by atoms with E-state index in [1.165, 1.54) is 25.7 Å². The summed E-state index contributed by atoms with van der Waals surface area (Å²) in [7, 11) is 1.77. The molecule has 0 radical (unpaired) electrons. The van der Waals surface area contributed by atoms with Crippen LogP contribution in [0.1, 0.15) is 39.5 Å². The molecule has 0 heterocycles. The van der Waals surface area contributed by atoms with Gasteiger partial charge in [0.25, 0.3) is 0 Å². The summed E-state index contributed by atoms with van der Waals surface area (Å²) in [4.78, 5) is 0. The number of hydrogen-bond acceptors (Lipinski definition) is 1. The molecule has 2 heteroatoms. The molecule has 0 saturated carbocycles. The molecule has 0 aromatic carbocycles. The van der Waals surface area contributed by atoms with Crippen molar-refractivity contribution in [2.45, 2.75) is 39.5 Å². The fourth-order valence-corrected chi connectivity index (χ4v) is 2.19. The number of methoxy groups -OCH3 is 1. The lowest BCUT2D eigenvalue weighted by Crippen LogP contribution is -2.06. The topological polar surface area (TPSA) is 9.23 Å². The lowest BCUT2D eigenvalue weighted by atomic mass is 9.94. The maximum atomic E-state index is 5.03. The van der Waals surface area contributed by atoms with E-state index in [1.807, 2.05) is 0 Å². The van der Waals surface area contributed by atoms with Gasteiger partial charge in [-0.15, -0.1) is 0 Å². The highest BCUT2D eigenvalue weighted by Gasteiger charge is 2.08. The van der Waals surface area contributed by atoms with Gasteiger partial charge in [-0.2, -0.15) is 0 Å². The number of rotatable bonds is 8. The maximum absolute atomic E-state index is 5.03. The second kappa shape index (κ2) is 9.01. The lowest BCUT2D eigenvalue weighted by molar-refractivity contribution is 0.190. The zero-order chi connectivity index (χ0) is 10.1. The van der Waals surface area contributed by atoms with E-state index in [9.17, 15) is 0 Å². The van der Waals surface area contributed by atoms with Crippen LogP contribution in [0.2, 0.25) is 0 Å². The van der Waals surface area contributed by atoms with Crippen LogP contribution >= 0.6 is 15.9 Å². The first-order chi connectivity index (χ1) is 6.20. The van der Waals surface area contributed by atoms with Crippen molar-refractivity contribution in [3.05, 3.63) is 0 Å². The fourth-order valence-electron chi connectivity index (χ4n) is 1.60. The second-order valence-corrected chi connectivity index (χ2v) is 4.79. The van der Waals surface area contributed by atoms with Gasteiger partial charge in [0.2, 0.25) is 0 Å². The Morgan fingerprint density at radius 3 is 2.38 bits per heavy atom. The molecule has 1 unspecified atom stereocenters. The highest BCUT2D eigenvalue weighted by atomic mass is 79.9. The van der Waals surface area contributed by atoms with Gasteiger partial charge >= 0.3 is 0 Å². The Labute approximate surface area is 91.4 Å². The molecule has 0 aromatic heterocycles. The van der Waals surface area contributed by atoms with E-state index in [-0.39, 0.29) is 0 Å². The van der Waals surface area contributed by atoms with Crippen LogP contribution in [0, 0.1) is 11.8 Å². The van der Waals surface area contributed by atoms with Crippen molar-refractivity contribution in [2.24, 2.45) is 11.8 Å². The molecule has 13 heavy (non-hydrogen) atoms.